The summed E-state index contributed by atoms with van der Waals surface area (Å²) in [7, 11) is 1.45. The molecule has 0 fully saturated rings. The maximum Gasteiger partial charge on any atom is 0.259 e. The molecule has 110 valence electrons. The minimum Gasteiger partial charge on any atom is -0.364 e. The van der Waals surface area contributed by atoms with Gasteiger partial charge < -0.3 is 9.88 Å². The molecule has 0 saturated heterocycles. The second-order valence-corrected chi connectivity index (χ2v) is 4.79. The fourth-order valence-corrected chi connectivity index (χ4v) is 1.92. The van der Waals surface area contributed by atoms with E-state index in [0.29, 0.717) is 5.69 Å². The van der Waals surface area contributed by atoms with Gasteiger partial charge in [0.1, 0.15) is 17.2 Å². The third-order valence-electron chi connectivity index (χ3n) is 3.06. The minimum absolute atomic E-state index is 0.0226. The molecule has 6 heteroatoms. The Labute approximate surface area is 120 Å². The van der Waals surface area contributed by atoms with Crippen LogP contribution < -0.4 is 5.43 Å². The molecule has 2 rings (SSSR count). The number of aromatic nitrogens is 1. The van der Waals surface area contributed by atoms with Gasteiger partial charge in [-0.2, -0.15) is 0 Å². The van der Waals surface area contributed by atoms with Gasteiger partial charge in [-0.25, -0.2) is 8.78 Å². The molecule has 1 amide bonds. The van der Waals surface area contributed by atoms with Crippen LogP contribution in [0.1, 0.15) is 21.6 Å². The number of rotatable bonds is 3. The standard InChI is InChI=1S/C15H14F2N2O2/c1-9-5-14(20)12(7-18-9)15(21)19(2)8-10-3-4-11(16)6-13(10)17/h3-7H,8H2,1-2H3,(H,18,20). The average molecular weight is 292 g/mol. The number of carbonyl (C=O) groups is 1. The molecule has 0 spiro atoms. The van der Waals surface area contributed by atoms with Crippen LogP contribution in [0.2, 0.25) is 0 Å². The van der Waals surface area contributed by atoms with Crippen molar-refractivity contribution in [2.75, 3.05) is 7.05 Å². The molecule has 0 bridgehead atoms. The summed E-state index contributed by atoms with van der Waals surface area (Å²) in [5, 5.41) is 0. The number of carbonyl (C=O) groups excluding carboxylic acids is 1. The monoisotopic (exact) mass is 292 g/mol. The molecule has 4 nitrogen and oxygen atoms in total. The van der Waals surface area contributed by atoms with E-state index in [1.165, 1.54) is 30.3 Å². The molecule has 1 N–H and O–H groups in total. The summed E-state index contributed by atoms with van der Waals surface area (Å²) in [6, 6.07) is 4.47. The Bertz CT molecular complexity index is 741. The number of nitrogens with one attached hydrogen (secondary N) is 1. The normalized spacial score (nSPS) is 10.5. The Morgan fingerprint density at radius 2 is 2.00 bits per heavy atom. The Kier molecular flexibility index (Phi) is 4.16. The van der Waals surface area contributed by atoms with Crippen LogP contribution in [0, 0.1) is 18.6 Å². The fraction of sp³-hybridized carbons (Fsp3) is 0.200. The van der Waals surface area contributed by atoms with E-state index < -0.39 is 23.0 Å². The predicted octanol–water partition coefficient (Wildman–Crippen LogP) is 2.23. The minimum atomic E-state index is -0.729. The SMILES string of the molecule is Cc1cc(=O)c(C(=O)N(C)Cc2ccc(F)cc2F)c[nH]1. The summed E-state index contributed by atoms with van der Waals surface area (Å²) in [6.07, 6.45) is 1.33. The fourth-order valence-electron chi connectivity index (χ4n) is 1.92. The second kappa shape index (κ2) is 5.87. The third kappa shape index (κ3) is 3.34. The Morgan fingerprint density at radius 3 is 2.62 bits per heavy atom. The van der Waals surface area contributed by atoms with Crippen molar-refractivity contribution in [1.82, 2.24) is 9.88 Å². The number of nitrogens with zero attached hydrogens (tertiary/aromatic N) is 1. The summed E-state index contributed by atoms with van der Waals surface area (Å²) in [5.41, 5.74) is 0.396. The van der Waals surface area contributed by atoms with Crippen LogP contribution in [0.25, 0.3) is 0 Å². The highest BCUT2D eigenvalue weighted by atomic mass is 19.1. The number of H-pyrrole nitrogens is 1. The lowest BCUT2D eigenvalue weighted by Crippen LogP contribution is -2.31. The van der Waals surface area contributed by atoms with Gasteiger partial charge in [0.15, 0.2) is 5.43 Å². The molecule has 0 radical (unpaired) electrons. The molecule has 0 aliphatic rings. The van der Waals surface area contributed by atoms with Crippen molar-refractivity contribution < 1.29 is 13.6 Å². The highest BCUT2D eigenvalue weighted by molar-refractivity contribution is 5.93. The maximum absolute atomic E-state index is 13.6. The van der Waals surface area contributed by atoms with Crippen LogP contribution in [0.5, 0.6) is 0 Å². The number of hydrogen-bond donors (Lipinski definition) is 1. The highest BCUT2D eigenvalue weighted by Gasteiger charge is 2.17. The zero-order valence-corrected chi connectivity index (χ0v) is 11.6. The van der Waals surface area contributed by atoms with E-state index in [4.69, 9.17) is 0 Å². The molecule has 1 aromatic heterocycles. The second-order valence-electron chi connectivity index (χ2n) is 4.79. The number of aryl methyl sites for hydroxylation is 1. The van der Waals surface area contributed by atoms with Crippen LogP contribution in [0.3, 0.4) is 0 Å². The first kappa shape index (κ1) is 14.9. The zero-order valence-electron chi connectivity index (χ0n) is 11.6. The smallest absolute Gasteiger partial charge is 0.259 e. The van der Waals surface area contributed by atoms with Crippen molar-refractivity contribution in [3.63, 3.8) is 0 Å². The van der Waals surface area contributed by atoms with Gasteiger partial charge in [-0.15, -0.1) is 0 Å². The molecule has 1 heterocycles. The number of pyridine rings is 1. The van der Waals surface area contributed by atoms with E-state index in [1.807, 2.05) is 0 Å². The Hall–Kier alpha value is -2.50. The molecular formula is C15H14F2N2O2. The van der Waals surface area contributed by atoms with Crippen molar-refractivity contribution in [1.29, 1.82) is 0 Å². The molecular weight excluding hydrogens is 278 g/mol. The molecule has 1 aromatic carbocycles. The molecule has 21 heavy (non-hydrogen) atoms. The first-order chi connectivity index (χ1) is 9.88. The van der Waals surface area contributed by atoms with Crippen molar-refractivity contribution in [3.8, 4) is 0 Å². The predicted molar refractivity (Wildman–Crippen MR) is 74.0 cm³/mol. The van der Waals surface area contributed by atoms with Crippen molar-refractivity contribution in [3.05, 3.63) is 69.1 Å². The van der Waals surface area contributed by atoms with E-state index in [2.05, 4.69) is 4.98 Å². The largest absolute Gasteiger partial charge is 0.364 e. The van der Waals surface area contributed by atoms with Crippen LogP contribution in [0.15, 0.2) is 35.3 Å². The Morgan fingerprint density at radius 1 is 1.29 bits per heavy atom. The van der Waals surface area contributed by atoms with Gasteiger partial charge in [0.25, 0.3) is 5.91 Å². The van der Waals surface area contributed by atoms with E-state index in [-0.39, 0.29) is 17.7 Å². The zero-order chi connectivity index (χ0) is 15.6. The Balaban J connectivity index is 2.21. The average Bonchev–Trinajstić information content (AvgIpc) is 2.41. The van der Waals surface area contributed by atoms with Gasteiger partial charge in [-0.1, -0.05) is 6.07 Å². The summed E-state index contributed by atoms with van der Waals surface area (Å²) in [5.74, 6) is -1.94. The van der Waals surface area contributed by atoms with E-state index in [0.717, 1.165) is 12.1 Å². The summed E-state index contributed by atoms with van der Waals surface area (Å²) in [6.45, 7) is 1.64. The lowest BCUT2D eigenvalue weighted by atomic mass is 10.1. The lowest BCUT2D eigenvalue weighted by Gasteiger charge is -2.17. The molecule has 2 aromatic rings. The van der Waals surface area contributed by atoms with Gasteiger partial charge in [0.2, 0.25) is 0 Å². The summed E-state index contributed by atoms with van der Waals surface area (Å²) >= 11 is 0. The first-order valence-corrected chi connectivity index (χ1v) is 6.27. The summed E-state index contributed by atoms with van der Waals surface area (Å²) < 4.78 is 26.4. The van der Waals surface area contributed by atoms with Gasteiger partial charge in [0, 0.05) is 43.2 Å². The number of hydrogen-bond acceptors (Lipinski definition) is 2. The van der Waals surface area contributed by atoms with Crippen molar-refractivity contribution in [2.45, 2.75) is 13.5 Å². The molecule has 0 aliphatic heterocycles. The van der Waals surface area contributed by atoms with Crippen LogP contribution in [-0.4, -0.2) is 22.8 Å². The topological polar surface area (TPSA) is 53.2 Å². The maximum atomic E-state index is 13.6. The lowest BCUT2D eigenvalue weighted by molar-refractivity contribution is 0.0782. The van der Waals surface area contributed by atoms with Crippen molar-refractivity contribution in [2.24, 2.45) is 0 Å². The van der Waals surface area contributed by atoms with Crippen LogP contribution in [0.4, 0.5) is 8.78 Å². The van der Waals surface area contributed by atoms with Gasteiger partial charge in [0.05, 0.1) is 0 Å². The first-order valence-electron chi connectivity index (χ1n) is 6.27. The quantitative estimate of drug-likeness (QED) is 0.943. The number of benzene rings is 1. The summed E-state index contributed by atoms with van der Waals surface area (Å²) in [4.78, 5) is 27.9. The van der Waals surface area contributed by atoms with Gasteiger partial charge in [-0.3, -0.25) is 9.59 Å². The number of aromatic amines is 1. The van der Waals surface area contributed by atoms with E-state index in [1.54, 1.807) is 6.92 Å². The number of halogens is 2. The highest BCUT2D eigenvalue weighted by Crippen LogP contribution is 2.12. The molecule has 0 atom stereocenters. The van der Waals surface area contributed by atoms with Crippen LogP contribution in [-0.2, 0) is 6.54 Å². The van der Waals surface area contributed by atoms with E-state index >= 15 is 0 Å². The van der Waals surface area contributed by atoms with Gasteiger partial charge in [-0.05, 0) is 13.0 Å². The molecule has 0 unspecified atom stereocenters. The molecule has 0 aliphatic carbocycles. The van der Waals surface area contributed by atoms with Crippen LogP contribution >= 0.6 is 0 Å². The third-order valence-corrected chi connectivity index (χ3v) is 3.06. The van der Waals surface area contributed by atoms with Crippen molar-refractivity contribution >= 4 is 5.91 Å². The molecule has 0 saturated carbocycles. The number of amides is 1. The van der Waals surface area contributed by atoms with E-state index in [9.17, 15) is 18.4 Å². The van der Waals surface area contributed by atoms with Gasteiger partial charge >= 0.3 is 0 Å².